The summed E-state index contributed by atoms with van der Waals surface area (Å²) in [6.07, 6.45) is 6.60. The first kappa shape index (κ1) is 46.3. The third kappa shape index (κ3) is 11.5. The maximum atomic E-state index is 12.4. The molecule has 0 radical (unpaired) electrons. The second-order valence-electron chi connectivity index (χ2n) is 16.2. The van der Waals surface area contributed by atoms with E-state index in [1.54, 1.807) is 46.9 Å². The lowest BCUT2D eigenvalue weighted by Crippen LogP contribution is -2.34. The molecule has 0 saturated heterocycles. The normalized spacial score (nSPS) is 13.6. The van der Waals surface area contributed by atoms with E-state index in [9.17, 15) is 30.6 Å². The van der Waals surface area contributed by atoms with Crippen molar-refractivity contribution in [3.05, 3.63) is 157 Å². The van der Waals surface area contributed by atoms with Gasteiger partial charge >= 0.3 is 0 Å². The maximum absolute atomic E-state index is 12.4. The Morgan fingerprint density at radius 1 is 0.574 bits per heavy atom. The van der Waals surface area contributed by atoms with Crippen LogP contribution >= 0.6 is 22.7 Å². The molecule has 2 aromatic heterocycles. The monoisotopic (exact) mass is 862 g/mol. The first-order valence-electron chi connectivity index (χ1n) is 21.7. The quantitative estimate of drug-likeness (QED) is 0.0401. The van der Waals surface area contributed by atoms with Crippen molar-refractivity contribution in [1.29, 1.82) is 0 Å². The van der Waals surface area contributed by atoms with E-state index in [4.69, 9.17) is 4.74 Å². The van der Waals surface area contributed by atoms with Gasteiger partial charge in [0.1, 0.15) is 18.0 Å². The molecule has 7 nitrogen and oxygen atoms in total. The summed E-state index contributed by atoms with van der Waals surface area (Å²) in [5, 5.41) is 64.2. The van der Waals surface area contributed by atoms with Crippen LogP contribution in [-0.2, 0) is 57.5 Å². The molecule has 0 fully saturated rings. The molecule has 0 amide bonds. The SMILES string of the molecule is CCc1cc(CCC(O)CC)ccc1-c1ccc(CCc2ccc(CO)c(C(O)(CO)c3cc(OCc4ccc(-c5ccc(CCC(O)CC)cc5C)s4)ccc3CO)c2)s1. The van der Waals surface area contributed by atoms with Gasteiger partial charge in [0, 0.05) is 19.5 Å². The highest BCUT2D eigenvalue weighted by Crippen LogP contribution is 2.39. The number of rotatable bonds is 22. The lowest BCUT2D eigenvalue weighted by Gasteiger charge is -2.31. The molecule has 0 aliphatic rings. The Balaban J connectivity index is 1.16. The van der Waals surface area contributed by atoms with Crippen molar-refractivity contribution in [3.63, 3.8) is 0 Å². The number of aliphatic hydroxyl groups excluding tert-OH is 5. The van der Waals surface area contributed by atoms with Crippen LogP contribution in [0.15, 0.2) is 97.1 Å². The minimum atomic E-state index is -1.92. The van der Waals surface area contributed by atoms with Gasteiger partial charge < -0.3 is 35.4 Å². The van der Waals surface area contributed by atoms with Gasteiger partial charge in [0.05, 0.1) is 32.0 Å². The molecule has 3 atom stereocenters. The average Bonchev–Trinajstić information content (AvgIpc) is 3.98. The minimum absolute atomic E-state index is 0.266. The highest BCUT2D eigenvalue weighted by atomic mass is 32.1. The molecule has 324 valence electrons. The second kappa shape index (κ2) is 21.8. The zero-order valence-corrected chi connectivity index (χ0v) is 37.6. The predicted molar refractivity (Wildman–Crippen MR) is 249 cm³/mol. The number of thiophene rings is 2. The van der Waals surface area contributed by atoms with Gasteiger partial charge in [0.25, 0.3) is 0 Å². The largest absolute Gasteiger partial charge is 0.488 e. The molecular formula is C52H62O7S2. The van der Waals surface area contributed by atoms with Crippen molar-refractivity contribution in [1.82, 2.24) is 0 Å². The van der Waals surface area contributed by atoms with E-state index >= 15 is 0 Å². The number of ether oxygens (including phenoxy) is 1. The summed E-state index contributed by atoms with van der Waals surface area (Å²) in [4.78, 5) is 4.60. The van der Waals surface area contributed by atoms with Gasteiger partial charge in [0.2, 0.25) is 0 Å². The molecule has 2 heterocycles. The van der Waals surface area contributed by atoms with Crippen molar-refractivity contribution in [3.8, 4) is 26.6 Å². The zero-order valence-electron chi connectivity index (χ0n) is 36.0. The summed E-state index contributed by atoms with van der Waals surface area (Å²) in [6.45, 7) is 7.23. The Hall–Kier alpha value is -4.16. The van der Waals surface area contributed by atoms with Crippen molar-refractivity contribution in [2.75, 3.05) is 6.61 Å². The van der Waals surface area contributed by atoms with Gasteiger partial charge in [-0.15, -0.1) is 22.7 Å². The van der Waals surface area contributed by atoms with E-state index in [1.165, 1.54) is 37.6 Å². The van der Waals surface area contributed by atoms with E-state index in [0.29, 0.717) is 41.0 Å². The molecule has 6 N–H and O–H groups in total. The van der Waals surface area contributed by atoms with Crippen molar-refractivity contribution in [2.24, 2.45) is 0 Å². The Labute approximate surface area is 369 Å². The molecule has 0 aliphatic carbocycles. The van der Waals surface area contributed by atoms with Crippen molar-refractivity contribution >= 4 is 22.7 Å². The molecule has 6 aromatic rings. The Morgan fingerprint density at radius 3 is 1.75 bits per heavy atom. The number of benzene rings is 4. The van der Waals surface area contributed by atoms with E-state index < -0.39 is 12.2 Å². The van der Waals surface area contributed by atoms with E-state index in [-0.39, 0.29) is 25.4 Å². The van der Waals surface area contributed by atoms with Crippen LogP contribution in [-0.4, -0.2) is 49.5 Å². The third-order valence-corrected chi connectivity index (χ3v) is 14.2. The van der Waals surface area contributed by atoms with Crippen LogP contribution in [0.2, 0.25) is 0 Å². The summed E-state index contributed by atoms with van der Waals surface area (Å²) in [7, 11) is 0. The fraction of sp³-hybridized carbons (Fsp3) is 0.385. The van der Waals surface area contributed by atoms with Gasteiger partial charge in [-0.1, -0.05) is 81.4 Å². The van der Waals surface area contributed by atoms with Crippen molar-refractivity contribution in [2.45, 2.75) is 123 Å². The smallest absolute Gasteiger partial charge is 0.138 e. The van der Waals surface area contributed by atoms with Gasteiger partial charge in [-0.25, -0.2) is 0 Å². The topological polar surface area (TPSA) is 131 Å². The molecule has 3 unspecified atom stereocenters. The van der Waals surface area contributed by atoms with Crippen LogP contribution in [0.3, 0.4) is 0 Å². The first-order valence-corrected chi connectivity index (χ1v) is 23.3. The predicted octanol–water partition coefficient (Wildman–Crippen LogP) is 10.00. The Morgan fingerprint density at radius 2 is 1.13 bits per heavy atom. The van der Waals surface area contributed by atoms with E-state index in [2.05, 4.69) is 74.5 Å². The van der Waals surface area contributed by atoms with Crippen LogP contribution in [0, 0.1) is 6.92 Å². The lowest BCUT2D eigenvalue weighted by atomic mass is 9.81. The Bertz CT molecular complexity index is 2340. The van der Waals surface area contributed by atoms with Crippen molar-refractivity contribution < 1.29 is 35.4 Å². The molecule has 6 rings (SSSR count). The fourth-order valence-electron chi connectivity index (χ4n) is 8.03. The molecule has 0 saturated carbocycles. The number of aryl methyl sites for hydroxylation is 6. The zero-order chi connectivity index (χ0) is 43.5. The molecular weight excluding hydrogens is 801 g/mol. The number of hydrogen-bond acceptors (Lipinski definition) is 9. The second-order valence-corrected chi connectivity index (χ2v) is 18.5. The standard InChI is InChI=1S/C52H62O7S2/c1-5-38-27-36(10-17-42(57)7-3)13-23-47(38)51-24-20-44(60-51)19-11-37-8-14-39(30-53)48(28-37)52(58,33-55)49-29-43(18-15-40(49)31-54)59-32-45-21-25-50(61-45)46-22-12-35(26-34(46)4)9-16-41(56)6-2/h8,12-15,18,20-29,41-42,53-58H,5-7,9-11,16-17,19,30-33H2,1-4H3. The van der Waals surface area contributed by atoms with Crippen LogP contribution in [0.25, 0.3) is 20.9 Å². The number of aliphatic hydroxyl groups is 6. The van der Waals surface area contributed by atoms with Gasteiger partial charge in [-0.2, -0.15) is 0 Å². The summed E-state index contributed by atoms with van der Waals surface area (Å²) in [6, 6.07) is 32.4. The van der Waals surface area contributed by atoms with Crippen LogP contribution in [0.4, 0.5) is 0 Å². The average molecular weight is 863 g/mol. The lowest BCUT2D eigenvalue weighted by molar-refractivity contribution is 0.0139. The highest BCUT2D eigenvalue weighted by molar-refractivity contribution is 7.15. The summed E-state index contributed by atoms with van der Waals surface area (Å²) in [5.74, 6) is 0.482. The van der Waals surface area contributed by atoms with Crippen LogP contribution in [0.1, 0.15) is 106 Å². The first-order chi connectivity index (χ1) is 29.5. The molecule has 61 heavy (non-hydrogen) atoms. The molecule has 0 aliphatic heterocycles. The summed E-state index contributed by atoms with van der Waals surface area (Å²) >= 11 is 3.43. The van der Waals surface area contributed by atoms with Gasteiger partial charge in [-0.05, 0) is 162 Å². The third-order valence-electron chi connectivity index (χ3n) is 11.9. The van der Waals surface area contributed by atoms with E-state index in [1.807, 2.05) is 26.0 Å². The van der Waals surface area contributed by atoms with Crippen LogP contribution in [0.5, 0.6) is 5.75 Å². The van der Waals surface area contributed by atoms with Gasteiger partial charge in [-0.3, -0.25) is 0 Å². The molecule has 4 aromatic carbocycles. The summed E-state index contributed by atoms with van der Waals surface area (Å²) in [5.41, 5.74) is 8.02. The highest BCUT2D eigenvalue weighted by Gasteiger charge is 2.36. The maximum Gasteiger partial charge on any atom is 0.138 e. The molecule has 0 spiro atoms. The van der Waals surface area contributed by atoms with Gasteiger partial charge in [0.15, 0.2) is 0 Å². The minimum Gasteiger partial charge on any atom is -0.488 e. The Kier molecular flexibility index (Phi) is 16.5. The fourth-order valence-corrected chi connectivity index (χ4v) is 10.1. The number of hydrogen-bond donors (Lipinski definition) is 6. The summed E-state index contributed by atoms with van der Waals surface area (Å²) < 4.78 is 6.27. The van der Waals surface area contributed by atoms with E-state index in [0.717, 1.165) is 72.2 Å². The van der Waals surface area contributed by atoms with Crippen LogP contribution < -0.4 is 4.74 Å². The molecule has 9 heteroatoms. The molecule has 0 bridgehead atoms.